The lowest BCUT2D eigenvalue weighted by Crippen LogP contribution is -2.30. The fraction of sp³-hybridized carbons (Fsp3) is 0.300. The molecule has 27 heavy (non-hydrogen) atoms. The number of hydrogen-bond donors (Lipinski definition) is 2. The summed E-state index contributed by atoms with van der Waals surface area (Å²) in [4.78, 5) is 23.6. The van der Waals surface area contributed by atoms with Crippen LogP contribution in [0.5, 0.6) is 11.5 Å². The van der Waals surface area contributed by atoms with Gasteiger partial charge in [-0.05, 0) is 31.2 Å². The number of aryl methyl sites for hydroxylation is 1. The Morgan fingerprint density at radius 2 is 1.70 bits per heavy atom. The highest BCUT2D eigenvalue weighted by Crippen LogP contribution is 2.18. The summed E-state index contributed by atoms with van der Waals surface area (Å²) < 4.78 is 10.7. The van der Waals surface area contributed by atoms with Crippen molar-refractivity contribution in [2.24, 2.45) is 0 Å². The summed E-state index contributed by atoms with van der Waals surface area (Å²) in [6.45, 7) is 2.74. The Balaban J connectivity index is 1.56. The maximum Gasteiger partial charge on any atom is 0.234 e. The summed E-state index contributed by atoms with van der Waals surface area (Å²) in [7, 11) is 1.60. The molecule has 0 aliphatic heterocycles. The van der Waals surface area contributed by atoms with Crippen molar-refractivity contribution in [2.75, 3.05) is 37.1 Å². The van der Waals surface area contributed by atoms with Gasteiger partial charge in [0.15, 0.2) is 0 Å². The number of nitrogens with one attached hydrogen (secondary N) is 2. The number of carbonyl (C=O) groups excluding carboxylic acids is 2. The number of benzene rings is 2. The first-order valence-electron chi connectivity index (χ1n) is 8.54. The number of amides is 2. The topological polar surface area (TPSA) is 76.7 Å². The van der Waals surface area contributed by atoms with Crippen molar-refractivity contribution >= 4 is 29.3 Å². The highest BCUT2D eigenvalue weighted by atomic mass is 32.2. The molecule has 2 rings (SSSR count). The molecule has 0 atom stereocenters. The summed E-state index contributed by atoms with van der Waals surface area (Å²) in [5.41, 5.74) is 1.89. The predicted octanol–water partition coefficient (Wildman–Crippen LogP) is 2.87. The molecule has 0 aliphatic carbocycles. The molecule has 0 heterocycles. The maximum absolute atomic E-state index is 11.9. The molecule has 0 radical (unpaired) electrons. The highest BCUT2D eigenvalue weighted by molar-refractivity contribution is 8.00. The number of carbonyl (C=O) groups is 2. The zero-order valence-electron chi connectivity index (χ0n) is 15.5. The fourth-order valence-electron chi connectivity index (χ4n) is 2.17. The van der Waals surface area contributed by atoms with Crippen LogP contribution in [0.25, 0.3) is 0 Å². The average Bonchev–Trinajstić information content (AvgIpc) is 2.67. The zero-order valence-corrected chi connectivity index (χ0v) is 16.3. The molecular formula is C20H24N2O4S. The Morgan fingerprint density at radius 1 is 1.00 bits per heavy atom. The molecule has 2 amide bonds. The maximum atomic E-state index is 11.9. The third kappa shape index (κ3) is 8.04. The van der Waals surface area contributed by atoms with E-state index in [9.17, 15) is 9.59 Å². The fourth-order valence-corrected chi connectivity index (χ4v) is 2.82. The molecule has 0 fully saturated rings. The number of hydrogen-bond acceptors (Lipinski definition) is 5. The van der Waals surface area contributed by atoms with Crippen LogP contribution in [-0.2, 0) is 9.59 Å². The van der Waals surface area contributed by atoms with E-state index in [2.05, 4.69) is 10.6 Å². The van der Waals surface area contributed by atoms with E-state index in [1.165, 1.54) is 11.8 Å². The van der Waals surface area contributed by atoms with Gasteiger partial charge in [-0.15, -0.1) is 11.8 Å². The van der Waals surface area contributed by atoms with Crippen molar-refractivity contribution in [3.05, 3.63) is 54.1 Å². The number of anilines is 1. The number of methoxy groups -OCH3 is 1. The van der Waals surface area contributed by atoms with Crippen molar-refractivity contribution in [1.29, 1.82) is 0 Å². The Bertz CT molecular complexity index is 750. The van der Waals surface area contributed by atoms with Crippen LogP contribution in [0.1, 0.15) is 5.56 Å². The smallest absolute Gasteiger partial charge is 0.234 e. The summed E-state index contributed by atoms with van der Waals surface area (Å²) in [5.74, 6) is 1.60. The third-order valence-electron chi connectivity index (χ3n) is 3.54. The molecule has 2 aromatic carbocycles. The van der Waals surface area contributed by atoms with Crippen molar-refractivity contribution in [3.8, 4) is 11.5 Å². The molecule has 0 aliphatic rings. The molecular weight excluding hydrogens is 364 g/mol. The van der Waals surface area contributed by atoms with Crippen LogP contribution in [0, 0.1) is 6.92 Å². The quantitative estimate of drug-likeness (QED) is 0.612. The van der Waals surface area contributed by atoms with Crippen LogP contribution < -0.4 is 20.1 Å². The lowest BCUT2D eigenvalue weighted by molar-refractivity contribution is -0.118. The minimum Gasteiger partial charge on any atom is -0.497 e. The number of rotatable bonds is 10. The van der Waals surface area contributed by atoms with E-state index in [4.69, 9.17) is 9.47 Å². The van der Waals surface area contributed by atoms with Crippen LogP contribution in [0.15, 0.2) is 48.5 Å². The highest BCUT2D eigenvalue weighted by Gasteiger charge is 2.06. The molecule has 0 unspecified atom stereocenters. The van der Waals surface area contributed by atoms with Crippen molar-refractivity contribution < 1.29 is 19.1 Å². The molecule has 0 bridgehead atoms. The predicted molar refractivity (Wildman–Crippen MR) is 109 cm³/mol. The minimum absolute atomic E-state index is 0.127. The van der Waals surface area contributed by atoms with Gasteiger partial charge in [-0.3, -0.25) is 9.59 Å². The van der Waals surface area contributed by atoms with E-state index >= 15 is 0 Å². The van der Waals surface area contributed by atoms with Crippen LogP contribution >= 0.6 is 11.8 Å². The van der Waals surface area contributed by atoms with Gasteiger partial charge < -0.3 is 20.1 Å². The largest absolute Gasteiger partial charge is 0.497 e. The minimum atomic E-state index is -0.127. The van der Waals surface area contributed by atoms with Crippen molar-refractivity contribution in [1.82, 2.24) is 5.32 Å². The van der Waals surface area contributed by atoms with Crippen molar-refractivity contribution in [3.63, 3.8) is 0 Å². The van der Waals surface area contributed by atoms with Gasteiger partial charge >= 0.3 is 0 Å². The molecule has 0 saturated carbocycles. The van der Waals surface area contributed by atoms with E-state index < -0.39 is 0 Å². The van der Waals surface area contributed by atoms with E-state index in [-0.39, 0.29) is 23.3 Å². The van der Waals surface area contributed by atoms with Crippen LogP contribution in [0.2, 0.25) is 0 Å². The molecule has 2 aromatic rings. The summed E-state index contributed by atoms with van der Waals surface area (Å²) >= 11 is 1.27. The van der Waals surface area contributed by atoms with Gasteiger partial charge in [0, 0.05) is 11.8 Å². The van der Waals surface area contributed by atoms with Gasteiger partial charge in [0.25, 0.3) is 0 Å². The first kappa shape index (κ1) is 20.6. The van der Waals surface area contributed by atoms with Crippen LogP contribution in [-0.4, -0.2) is 43.6 Å². The molecule has 144 valence electrons. The van der Waals surface area contributed by atoms with Gasteiger partial charge in [-0.2, -0.15) is 0 Å². The average molecular weight is 388 g/mol. The second-order valence-electron chi connectivity index (χ2n) is 5.78. The Hall–Kier alpha value is -2.67. The van der Waals surface area contributed by atoms with E-state index in [0.29, 0.717) is 18.9 Å². The lowest BCUT2D eigenvalue weighted by atomic mass is 10.2. The second kappa shape index (κ2) is 11.1. The third-order valence-corrected chi connectivity index (χ3v) is 4.47. The summed E-state index contributed by atoms with van der Waals surface area (Å²) in [6, 6.07) is 14.9. The van der Waals surface area contributed by atoms with Gasteiger partial charge in [0.2, 0.25) is 11.8 Å². The lowest BCUT2D eigenvalue weighted by Gasteiger charge is -2.09. The first-order chi connectivity index (χ1) is 13.1. The standard InChI is InChI=1S/C20H24N2O4S/c1-15-6-8-16(9-7-15)22-20(24)14-27-13-19(23)21-10-11-26-18-5-3-4-17(12-18)25-2/h3-9,12H,10-11,13-14H2,1-2H3,(H,21,23)(H,22,24). The van der Waals surface area contributed by atoms with Gasteiger partial charge in [0.1, 0.15) is 18.1 Å². The van der Waals surface area contributed by atoms with E-state index in [1.54, 1.807) is 13.2 Å². The Kier molecular flexibility index (Phi) is 8.51. The monoisotopic (exact) mass is 388 g/mol. The summed E-state index contributed by atoms with van der Waals surface area (Å²) in [6.07, 6.45) is 0. The molecule has 2 N–H and O–H groups in total. The first-order valence-corrected chi connectivity index (χ1v) is 9.70. The molecule has 6 nitrogen and oxygen atoms in total. The summed E-state index contributed by atoms with van der Waals surface area (Å²) in [5, 5.41) is 5.56. The molecule has 0 spiro atoms. The van der Waals surface area contributed by atoms with Crippen molar-refractivity contribution in [2.45, 2.75) is 6.92 Å². The molecule has 7 heteroatoms. The Labute approximate surface area is 163 Å². The van der Waals surface area contributed by atoms with Gasteiger partial charge in [-0.1, -0.05) is 23.8 Å². The second-order valence-corrected chi connectivity index (χ2v) is 6.77. The van der Waals surface area contributed by atoms with Gasteiger partial charge in [-0.25, -0.2) is 0 Å². The molecule has 0 aromatic heterocycles. The normalized spacial score (nSPS) is 10.1. The SMILES string of the molecule is COc1cccc(OCCNC(=O)CSCC(=O)Nc2ccc(C)cc2)c1. The van der Waals surface area contributed by atoms with Crippen LogP contribution in [0.4, 0.5) is 5.69 Å². The Morgan fingerprint density at radius 3 is 2.44 bits per heavy atom. The van der Waals surface area contributed by atoms with Crippen LogP contribution in [0.3, 0.4) is 0 Å². The van der Waals surface area contributed by atoms with E-state index in [0.717, 1.165) is 17.0 Å². The molecule has 0 saturated heterocycles. The van der Waals surface area contributed by atoms with E-state index in [1.807, 2.05) is 49.4 Å². The number of thioether (sulfide) groups is 1. The number of ether oxygens (including phenoxy) is 2. The zero-order chi connectivity index (χ0) is 19.5. The van der Waals surface area contributed by atoms with Gasteiger partial charge in [0.05, 0.1) is 25.2 Å².